The molecule has 2 aromatic carbocycles. The number of nitrogens with one attached hydrogen (secondary N) is 2. The second-order valence-corrected chi connectivity index (χ2v) is 5.01. The molecule has 0 radical (unpaired) electrons. The van der Waals surface area contributed by atoms with E-state index in [0.717, 1.165) is 24.3 Å². The predicted molar refractivity (Wildman–Crippen MR) is 77.6 cm³/mol. The van der Waals surface area contributed by atoms with Crippen LogP contribution in [0.2, 0.25) is 0 Å². The number of anilines is 1. The molecule has 0 saturated heterocycles. The van der Waals surface area contributed by atoms with Crippen molar-refractivity contribution < 1.29 is 26.7 Å². The summed E-state index contributed by atoms with van der Waals surface area (Å²) in [5.41, 5.74) is -1.40. The zero-order valence-corrected chi connectivity index (χ0v) is 11.8. The number of benzene rings is 2. The van der Waals surface area contributed by atoms with Crippen LogP contribution in [-0.4, -0.2) is 10.9 Å². The smallest absolute Gasteiger partial charge is 0.359 e. The zero-order valence-electron chi connectivity index (χ0n) is 11.8. The summed E-state index contributed by atoms with van der Waals surface area (Å²) >= 11 is 0. The summed E-state index contributed by atoms with van der Waals surface area (Å²) in [5.74, 6) is -3.22. The number of alkyl halides is 3. The average Bonchev–Trinajstić information content (AvgIpc) is 2.89. The number of fused-ring (bicyclic) bond motifs is 1. The molecule has 8 heteroatoms. The van der Waals surface area contributed by atoms with Crippen molar-refractivity contribution in [2.75, 3.05) is 5.32 Å². The van der Waals surface area contributed by atoms with Crippen LogP contribution >= 0.6 is 0 Å². The number of rotatable bonds is 2. The Labute approximate surface area is 132 Å². The summed E-state index contributed by atoms with van der Waals surface area (Å²) in [6.45, 7) is 0. The Bertz CT molecular complexity index is 930. The van der Waals surface area contributed by atoms with Gasteiger partial charge in [-0.15, -0.1) is 0 Å². The van der Waals surface area contributed by atoms with Gasteiger partial charge >= 0.3 is 6.18 Å². The van der Waals surface area contributed by atoms with E-state index in [0.29, 0.717) is 0 Å². The predicted octanol–water partition coefficient (Wildman–Crippen LogP) is 4.72. The van der Waals surface area contributed by atoms with Gasteiger partial charge in [0.25, 0.3) is 5.91 Å². The number of amides is 1. The molecule has 1 aromatic heterocycles. The molecule has 0 spiro atoms. The lowest BCUT2D eigenvalue weighted by atomic mass is 10.1. The molecule has 3 aromatic rings. The van der Waals surface area contributed by atoms with Crippen LogP contribution in [0.5, 0.6) is 0 Å². The second-order valence-electron chi connectivity index (χ2n) is 5.01. The summed E-state index contributed by atoms with van der Waals surface area (Å²) in [5, 5.41) is 2.43. The number of aromatic amines is 1. The lowest BCUT2D eigenvalue weighted by molar-refractivity contribution is -0.137. The number of hydrogen-bond donors (Lipinski definition) is 2. The number of halogens is 5. The van der Waals surface area contributed by atoms with Crippen molar-refractivity contribution in [3.8, 4) is 0 Å². The van der Waals surface area contributed by atoms with E-state index in [1.165, 1.54) is 18.3 Å². The first kappa shape index (κ1) is 16.0. The van der Waals surface area contributed by atoms with E-state index in [1.54, 1.807) is 0 Å². The van der Waals surface area contributed by atoms with Gasteiger partial charge in [0.05, 0.1) is 22.3 Å². The highest BCUT2D eigenvalue weighted by atomic mass is 19.4. The molecule has 124 valence electrons. The van der Waals surface area contributed by atoms with Gasteiger partial charge < -0.3 is 10.3 Å². The maximum atomic E-state index is 13.3. The fourth-order valence-corrected chi connectivity index (χ4v) is 2.34. The number of carbonyl (C=O) groups excluding carboxylic acids is 1. The van der Waals surface area contributed by atoms with Crippen LogP contribution in [0.1, 0.15) is 15.9 Å². The van der Waals surface area contributed by atoms with Crippen LogP contribution in [-0.2, 0) is 6.18 Å². The Morgan fingerprint density at radius 1 is 1.04 bits per heavy atom. The van der Waals surface area contributed by atoms with Crippen LogP contribution in [0.25, 0.3) is 10.9 Å². The van der Waals surface area contributed by atoms with Crippen molar-refractivity contribution in [2.45, 2.75) is 6.18 Å². The van der Waals surface area contributed by atoms with Crippen molar-refractivity contribution >= 4 is 22.5 Å². The molecule has 0 atom stereocenters. The third kappa shape index (κ3) is 2.82. The number of aromatic nitrogens is 1. The highest BCUT2D eigenvalue weighted by Crippen LogP contribution is 2.33. The Morgan fingerprint density at radius 3 is 2.42 bits per heavy atom. The van der Waals surface area contributed by atoms with Crippen molar-refractivity contribution in [1.82, 2.24) is 4.98 Å². The molecule has 24 heavy (non-hydrogen) atoms. The molecular formula is C16H9F5N2O. The first-order valence-corrected chi connectivity index (χ1v) is 6.71. The van der Waals surface area contributed by atoms with Gasteiger partial charge in [0.1, 0.15) is 0 Å². The average molecular weight is 340 g/mol. The minimum absolute atomic E-state index is 0.0471. The van der Waals surface area contributed by atoms with Gasteiger partial charge in [-0.1, -0.05) is 12.1 Å². The Balaban J connectivity index is 1.98. The fourth-order valence-electron chi connectivity index (χ4n) is 2.34. The van der Waals surface area contributed by atoms with Crippen molar-refractivity contribution in [1.29, 1.82) is 0 Å². The largest absolute Gasteiger partial charge is 0.417 e. The molecule has 0 saturated carbocycles. The van der Waals surface area contributed by atoms with E-state index in [4.69, 9.17) is 0 Å². The molecule has 1 heterocycles. The summed E-state index contributed by atoms with van der Waals surface area (Å²) in [7, 11) is 0. The van der Waals surface area contributed by atoms with Crippen LogP contribution in [0.3, 0.4) is 0 Å². The third-order valence-electron chi connectivity index (χ3n) is 3.45. The van der Waals surface area contributed by atoms with Gasteiger partial charge in [0.15, 0.2) is 11.6 Å². The standard InChI is InChI=1S/C16H9F5N2O/c17-11-5-9-13(6-12(11)18)22-7-14(9)23-15(24)8-3-1-2-4-10(8)16(19,20)21/h1-7,22H,(H,23,24). The van der Waals surface area contributed by atoms with Crippen LogP contribution < -0.4 is 5.32 Å². The molecule has 3 nitrogen and oxygen atoms in total. The van der Waals surface area contributed by atoms with Gasteiger partial charge in [0.2, 0.25) is 0 Å². The maximum absolute atomic E-state index is 13.3. The third-order valence-corrected chi connectivity index (χ3v) is 3.45. The number of carbonyl (C=O) groups is 1. The summed E-state index contributed by atoms with van der Waals surface area (Å²) < 4.78 is 65.4. The highest BCUT2D eigenvalue weighted by Gasteiger charge is 2.34. The monoisotopic (exact) mass is 340 g/mol. The van der Waals surface area contributed by atoms with Gasteiger partial charge in [-0.25, -0.2) is 8.78 Å². The first-order chi connectivity index (χ1) is 11.3. The normalized spacial score (nSPS) is 11.7. The fraction of sp³-hybridized carbons (Fsp3) is 0.0625. The summed E-state index contributed by atoms with van der Waals surface area (Å²) in [4.78, 5) is 14.8. The molecule has 0 aliphatic carbocycles. The van der Waals surface area contributed by atoms with Crippen LogP contribution in [0.15, 0.2) is 42.6 Å². The van der Waals surface area contributed by atoms with E-state index in [-0.39, 0.29) is 16.6 Å². The lowest BCUT2D eigenvalue weighted by Crippen LogP contribution is -2.18. The van der Waals surface area contributed by atoms with E-state index >= 15 is 0 Å². The summed E-state index contributed by atoms with van der Waals surface area (Å²) in [6, 6.07) is 6.04. The molecule has 1 amide bonds. The zero-order chi connectivity index (χ0) is 17.5. The van der Waals surface area contributed by atoms with E-state index in [2.05, 4.69) is 10.3 Å². The van der Waals surface area contributed by atoms with E-state index in [9.17, 15) is 26.7 Å². The minimum Gasteiger partial charge on any atom is -0.359 e. The SMILES string of the molecule is O=C(Nc1c[nH]c2cc(F)c(F)cc12)c1ccccc1C(F)(F)F. The molecular weight excluding hydrogens is 331 g/mol. The topological polar surface area (TPSA) is 44.9 Å². The van der Waals surface area contributed by atoms with Crippen molar-refractivity contribution in [3.05, 3.63) is 65.4 Å². The van der Waals surface area contributed by atoms with Crippen molar-refractivity contribution in [2.24, 2.45) is 0 Å². The molecule has 3 rings (SSSR count). The van der Waals surface area contributed by atoms with Gasteiger partial charge in [0, 0.05) is 17.6 Å². The second kappa shape index (κ2) is 5.63. The van der Waals surface area contributed by atoms with E-state index < -0.39 is 34.8 Å². The van der Waals surface area contributed by atoms with Crippen LogP contribution in [0.4, 0.5) is 27.6 Å². The highest BCUT2D eigenvalue weighted by molar-refractivity contribution is 6.09. The van der Waals surface area contributed by atoms with Gasteiger partial charge in [-0.05, 0) is 18.2 Å². The summed E-state index contributed by atoms with van der Waals surface area (Å²) in [6.07, 6.45) is -3.44. The lowest BCUT2D eigenvalue weighted by Gasteiger charge is -2.12. The molecule has 0 aliphatic heterocycles. The molecule has 0 aliphatic rings. The molecule has 2 N–H and O–H groups in total. The van der Waals surface area contributed by atoms with Crippen LogP contribution in [0, 0.1) is 11.6 Å². The van der Waals surface area contributed by atoms with Gasteiger partial charge in [-0.2, -0.15) is 13.2 Å². The Morgan fingerprint density at radius 2 is 1.71 bits per heavy atom. The van der Waals surface area contributed by atoms with Gasteiger partial charge in [-0.3, -0.25) is 4.79 Å². The Kier molecular flexibility index (Phi) is 3.75. The van der Waals surface area contributed by atoms with Crippen molar-refractivity contribution in [3.63, 3.8) is 0 Å². The Hall–Kier alpha value is -2.90. The maximum Gasteiger partial charge on any atom is 0.417 e. The first-order valence-electron chi connectivity index (χ1n) is 6.71. The molecule has 0 fully saturated rings. The molecule has 0 bridgehead atoms. The quantitative estimate of drug-likeness (QED) is 0.652. The minimum atomic E-state index is -4.69. The molecule has 0 unspecified atom stereocenters. The number of H-pyrrole nitrogens is 1. The number of hydrogen-bond acceptors (Lipinski definition) is 1. The van der Waals surface area contributed by atoms with E-state index in [1.807, 2.05) is 0 Å².